The number of sulfonamides is 1. The van der Waals surface area contributed by atoms with Gasteiger partial charge < -0.3 is 15.0 Å². The molecule has 44 heavy (non-hydrogen) atoms. The second kappa shape index (κ2) is 15.2. The molecule has 11 nitrogen and oxygen atoms in total. The van der Waals surface area contributed by atoms with Gasteiger partial charge in [0.05, 0.1) is 32.7 Å². The third kappa shape index (κ3) is 8.40. The van der Waals surface area contributed by atoms with Crippen molar-refractivity contribution >= 4 is 56.4 Å². The number of carbonyl (C=O) groups excluding carboxylic acids is 2. The molecule has 0 aromatic heterocycles. The number of nitrogens with one attached hydrogen (secondary N) is 1. The number of hydrogen-bond acceptors (Lipinski definition) is 7. The minimum atomic E-state index is -4.52. The third-order valence-electron chi connectivity index (χ3n) is 6.94. The first-order chi connectivity index (χ1) is 20.8. The van der Waals surface area contributed by atoms with Gasteiger partial charge in [-0.1, -0.05) is 48.7 Å². The van der Waals surface area contributed by atoms with Crippen LogP contribution in [0.5, 0.6) is 5.75 Å². The van der Waals surface area contributed by atoms with E-state index >= 15 is 0 Å². The maximum atomic E-state index is 14.0. The first kappa shape index (κ1) is 34.6. The molecular formula is C30H34Cl2N4O7S. The Morgan fingerprint density at radius 3 is 2.32 bits per heavy atom. The second-order valence-electron chi connectivity index (χ2n) is 10.0. The number of aryl methyl sites for hydroxylation is 1. The molecule has 0 saturated carbocycles. The molecule has 0 unspecified atom stereocenters. The molecule has 0 spiro atoms. The van der Waals surface area contributed by atoms with E-state index < -0.39 is 39.3 Å². The lowest BCUT2D eigenvalue weighted by atomic mass is 10.1. The number of hydrogen-bond donors (Lipinski definition) is 1. The van der Waals surface area contributed by atoms with Crippen LogP contribution in [0.1, 0.15) is 37.8 Å². The summed E-state index contributed by atoms with van der Waals surface area (Å²) in [7, 11) is -3.07. The van der Waals surface area contributed by atoms with Crippen LogP contribution in [-0.4, -0.2) is 56.3 Å². The average Bonchev–Trinajstić information content (AvgIpc) is 2.99. The molecule has 0 radical (unpaired) electrons. The van der Waals surface area contributed by atoms with Gasteiger partial charge >= 0.3 is 0 Å². The molecule has 2 amide bonds. The zero-order valence-corrected chi connectivity index (χ0v) is 27.1. The molecule has 0 saturated heterocycles. The van der Waals surface area contributed by atoms with E-state index in [9.17, 15) is 28.1 Å². The van der Waals surface area contributed by atoms with Crippen LogP contribution >= 0.6 is 23.2 Å². The van der Waals surface area contributed by atoms with Crippen LogP contribution < -0.4 is 14.4 Å². The number of ether oxygens (including phenoxy) is 1. The molecule has 0 aliphatic carbocycles. The average molecular weight is 666 g/mol. The maximum Gasteiger partial charge on any atom is 0.273 e. The highest BCUT2D eigenvalue weighted by Crippen LogP contribution is 2.30. The molecule has 0 heterocycles. The molecule has 0 bridgehead atoms. The van der Waals surface area contributed by atoms with Crippen LogP contribution in [0.25, 0.3) is 0 Å². The van der Waals surface area contributed by atoms with Crippen molar-refractivity contribution in [3.8, 4) is 5.75 Å². The molecule has 0 aliphatic heterocycles. The van der Waals surface area contributed by atoms with Crippen LogP contribution in [0.15, 0.2) is 65.6 Å². The number of rotatable bonds is 14. The number of halogens is 2. The van der Waals surface area contributed by atoms with Crippen molar-refractivity contribution in [3.63, 3.8) is 0 Å². The van der Waals surface area contributed by atoms with Gasteiger partial charge in [0.15, 0.2) is 0 Å². The number of nitro groups is 1. The van der Waals surface area contributed by atoms with Crippen LogP contribution in [0.4, 0.5) is 11.4 Å². The fraction of sp³-hybridized carbons (Fsp3) is 0.333. The summed E-state index contributed by atoms with van der Waals surface area (Å²) in [6.45, 7) is 4.63. The van der Waals surface area contributed by atoms with Gasteiger partial charge in [-0.05, 0) is 68.3 Å². The molecule has 1 N–H and O–H groups in total. The first-order valence-corrected chi connectivity index (χ1v) is 15.9. The van der Waals surface area contributed by atoms with Gasteiger partial charge in [-0.2, -0.15) is 0 Å². The van der Waals surface area contributed by atoms with Crippen LogP contribution in [0.3, 0.4) is 0 Å². The van der Waals surface area contributed by atoms with Crippen LogP contribution in [-0.2, 0) is 26.2 Å². The van der Waals surface area contributed by atoms with Crippen molar-refractivity contribution in [1.29, 1.82) is 0 Å². The monoisotopic (exact) mass is 664 g/mol. The van der Waals surface area contributed by atoms with E-state index in [0.717, 1.165) is 23.2 Å². The highest BCUT2D eigenvalue weighted by molar-refractivity contribution is 7.92. The van der Waals surface area contributed by atoms with E-state index in [2.05, 4.69) is 5.32 Å². The van der Waals surface area contributed by atoms with Crippen molar-refractivity contribution in [2.24, 2.45) is 0 Å². The number of methoxy groups -OCH3 is 1. The Balaban J connectivity index is 2.08. The number of nitrogens with zero attached hydrogens (tertiary/aromatic N) is 3. The van der Waals surface area contributed by atoms with Crippen molar-refractivity contribution < 1.29 is 27.7 Å². The van der Waals surface area contributed by atoms with E-state index in [1.807, 2.05) is 6.92 Å². The zero-order valence-electron chi connectivity index (χ0n) is 24.7. The van der Waals surface area contributed by atoms with Gasteiger partial charge in [-0.3, -0.25) is 24.0 Å². The Morgan fingerprint density at radius 2 is 1.73 bits per heavy atom. The topological polar surface area (TPSA) is 139 Å². The standard InChI is InChI=1S/C30H34Cl2N4O7S/c1-5-6-15-33-30(38)21(3)34(18-22-8-14-26(31)27(32)16-22)29(37)19-35(23-9-11-24(43-4)12-10-23)44(41,42)25-13-7-20(2)28(17-25)36(39)40/h7-14,16-17,21H,5-6,15,18-19H2,1-4H3,(H,33,38)/t21-/m1/s1. The summed E-state index contributed by atoms with van der Waals surface area (Å²) in [4.78, 5) is 38.9. The minimum absolute atomic E-state index is 0.0788. The predicted molar refractivity (Wildman–Crippen MR) is 170 cm³/mol. The van der Waals surface area contributed by atoms with E-state index in [0.29, 0.717) is 22.9 Å². The van der Waals surface area contributed by atoms with Gasteiger partial charge in [0.2, 0.25) is 11.8 Å². The van der Waals surface area contributed by atoms with Gasteiger partial charge in [-0.15, -0.1) is 0 Å². The van der Waals surface area contributed by atoms with Crippen LogP contribution in [0.2, 0.25) is 10.0 Å². The van der Waals surface area contributed by atoms with Crippen LogP contribution in [0, 0.1) is 17.0 Å². The molecule has 0 fully saturated rings. The Kier molecular flexibility index (Phi) is 12.0. The SMILES string of the molecule is CCCCNC(=O)[C@@H](C)N(Cc1ccc(Cl)c(Cl)c1)C(=O)CN(c1ccc(OC)cc1)S(=O)(=O)c1ccc(C)c([N+](=O)[O-])c1. The van der Waals surface area contributed by atoms with E-state index in [1.165, 1.54) is 55.3 Å². The molecule has 236 valence electrons. The predicted octanol–water partition coefficient (Wildman–Crippen LogP) is 5.75. The number of nitro benzene ring substituents is 1. The van der Waals surface area contributed by atoms with E-state index in [4.69, 9.17) is 27.9 Å². The van der Waals surface area contributed by atoms with Crippen molar-refractivity contribution in [1.82, 2.24) is 10.2 Å². The Hall–Kier alpha value is -3.87. The van der Waals surface area contributed by atoms with Gasteiger partial charge in [-0.25, -0.2) is 8.42 Å². The summed E-state index contributed by atoms with van der Waals surface area (Å²) in [6, 6.07) is 13.3. The fourth-order valence-electron chi connectivity index (χ4n) is 4.30. The fourth-order valence-corrected chi connectivity index (χ4v) is 6.06. The van der Waals surface area contributed by atoms with Gasteiger partial charge in [0.25, 0.3) is 15.7 Å². The van der Waals surface area contributed by atoms with Gasteiger partial charge in [0.1, 0.15) is 18.3 Å². The molecule has 14 heteroatoms. The number of anilines is 1. The lowest BCUT2D eigenvalue weighted by Crippen LogP contribution is -2.51. The lowest BCUT2D eigenvalue weighted by molar-refractivity contribution is -0.385. The van der Waals surface area contributed by atoms with Gasteiger partial charge in [0, 0.05) is 24.7 Å². The first-order valence-electron chi connectivity index (χ1n) is 13.7. The number of benzene rings is 3. The molecular weight excluding hydrogens is 631 g/mol. The number of amides is 2. The summed E-state index contributed by atoms with van der Waals surface area (Å²) in [5, 5.41) is 15.0. The highest BCUT2D eigenvalue weighted by Gasteiger charge is 2.33. The number of unbranched alkanes of at least 4 members (excludes halogenated alkanes) is 1. The second-order valence-corrected chi connectivity index (χ2v) is 12.7. The Bertz CT molecular complexity index is 1620. The quantitative estimate of drug-likeness (QED) is 0.132. The molecule has 0 aliphatic rings. The molecule has 3 aromatic carbocycles. The lowest BCUT2D eigenvalue weighted by Gasteiger charge is -2.32. The Morgan fingerprint density at radius 1 is 1.05 bits per heavy atom. The maximum absolute atomic E-state index is 14.0. The summed E-state index contributed by atoms with van der Waals surface area (Å²) in [6.07, 6.45) is 1.60. The minimum Gasteiger partial charge on any atom is -0.497 e. The van der Waals surface area contributed by atoms with Crippen molar-refractivity contribution in [2.45, 2.75) is 51.1 Å². The molecule has 1 atom stereocenters. The third-order valence-corrected chi connectivity index (χ3v) is 9.45. The number of carbonyl (C=O) groups is 2. The van der Waals surface area contributed by atoms with Crippen molar-refractivity contribution in [3.05, 3.63) is 92.0 Å². The summed E-state index contributed by atoms with van der Waals surface area (Å²) < 4.78 is 34.1. The van der Waals surface area contributed by atoms with E-state index in [-0.39, 0.29) is 33.4 Å². The Labute approximate surface area is 266 Å². The van der Waals surface area contributed by atoms with Crippen molar-refractivity contribution in [2.75, 3.05) is 24.5 Å². The molecule has 3 rings (SSSR count). The zero-order chi connectivity index (χ0) is 32.6. The highest BCUT2D eigenvalue weighted by atomic mass is 35.5. The normalized spacial score (nSPS) is 11.9. The van der Waals surface area contributed by atoms with E-state index in [1.54, 1.807) is 25.1 Å². The summed E-state index contributed by atoms with van der Waals surface area (Å²) in [5.41, 5.74) is 0.563. The summed E-state index contributed by atoms with van der Waals surface area (Å²) >= 11 is 12.3. The summed E-state index contributed by atoms with van der Waals surface area (Å²) in [5.74, 6) is -0.669. The molecule has 3 aromatic rings. The largest absolute Gasteiger partial charge is 0.497 e. The smallest absolute Gasteiger partial charge is 0.273 e.